The minimum atomic E-state index is -0.180. The minimum Gasteiger partial charge on any atom is -0.355 e. The van der Waals surface area contributed by atoms with Crippen molar-refractivity contribution in [1.82, 2.24) is 10.6 Å². The molecule has 2 N–H and O–H groups in total. The molecule has 4 nitrogen and oxygen atoms in total. The molecular weight excluding hydrogens is 252 g/mol. The summed E-state index contributed by atoms with van der Waals surface area (Å²) < 4.78 is 0. The number of amides is 2. The van der Waals surface area contributed by atoms with Crippen LogP contribution in [-0.4, -0.2) is 24.9 Å². The van der Waals surface area contributed by atoms with Crippen LogP contribution in [0.25, 0.3) is 0 Å². The van der Waals surface area contributed by atoms with Crippen LogP contribution >= 0.6 is 0 Å². The van der Waals surface area contributed by atoms with E-state index in [1.807, 2.05) is 37.3 Å². The highest BCUT2D eigenvalue weighted by molar-refractivity contribution is 5.88. The van der Waals surface area contributed by atoms with E-state index in [0.29, 0.717) is 6.54 Å². The van der Waals surface area contributed by atoms with E-state index in [9.17, 15) is 9.59 Å². The van der Waals surface area contributed by atoms with Crippen LogP contribution in [0.2, 0.25) is 0 Å². The Balaban J connectivity index is 2.55. The topological polar surface area (TPSA) is 58.2 Å². The summed E-state index contributed by atoms with van der Waals surface area (Å²) in [5.41, 5.74) is 1.00. The Labute approximate surface area is 121 Å². The zero-order valence-electron chi connectivity index (χ0n) is 12.3. The highest BCUT2D eigenvalue weighted by atomic mass is 16.2. The monoisotopic (exact) mass is 276 g/mol. The maximum Gasteiger partial charge on any atom is 0.239 e. The molecule has 1 rings (SSSR count). The van der Waals surface area contributed by atoms with Crippen molar-refractivity contribution in [1.29, 1.82) is 0 Å². The number of hydrogen-bond acceptors (Lipinski definition) is 2. The first-order chi connectivity index (χ1) is 9.69. The highest BCUT2D eigenvalue weighted by Gasteiger charge is 2.19. The van der Waals surface area contributed by atoms with E-state index in [-0.39, 0.29) is 24.3 Å². The van der Waals surface area contributed by atoms with Gasteiger partial charge >= 0.3 is 0 Å². The average molecular weight is 276 g/mol. The predicted octanol–water partition coefficient (Wildman–Crippen LogP) is 2.21. The molecule has 0 spiro atoms. The molecule has 1 atom stereocenters. The first-order valence-electron chi connectivity index (χ1n) is 7.28. The summed E-state index contributed by atoms with van der Waals surface area (Å²) in [5, 5.41) is 5.47. The zero-order chi connectivity index (χ0) is 14.8. The summed E-state index contributed by atoms with van der Waals surface area (Å²) in [6.07, 6.45) is 2.60. The zero-order valence-corrected chi connectivity index (χ0v) is 12.3. The van der Waals surface area contributed by atoms with Crippen LogP contribution in [0.4, 0.5) is 0 Å². The quantitative estimate of drug-likeness (QED) is 0.765. The van der Waals surface area contributed by atoms with Crippen LogP contribution in [0.3, 0.4) is 0 Å². The molecule has 0 radical (unpaired) electrons. The van der Waals surface area contributed by atoms with Gasteiger partial charge in [-0.05, 0) is 18.4 Å². The van der Waals surface area contributed by atoms with E-state index in [2.05, 4.69) is 17.6 Å². The van der Waals surface area contributed by atoms with Crippen molar-refractivity contribution >= 4 is 11.8 Å². The number of rotatable bonds is 8. The lowest BCUT2D eigenvalue weighted by atomic mass is 9.94. The van der Waals surface area contributed by atoms with Gasteiger partial charge in [-0.25, -0.2) is 0 Å². The van der Waals surface area contributed by atoms with Crippen molar-refractivity contribution in [2.24, 2.45) is 0 Å². The predicted molar refractivity (Wildman–Crippen MR) is 80.4 cm³/mol. The normalized spacial score (nSPS) is 11.7. The van der Waals surface area contributed by atoms with E-state index in [1.165, 1.54) is 0 Å². The molecule has 0 aliphatic carbocycles. The van der Waals surface area contributed by atoms with Gasteiger partial charge in [-0.3, -0.25) is 9.59 Å². The molecule has 20 heavy (non-hydrogen) atoms. The summed E-state index contributed by atoms with van der Waals surface area (Å²) >= 11 is 0. The highest BCUT2D eigenvalue weighted by Crippen LogP contribution is 2.21. The average Bonchev–Trinajstić information content (AvgIpc) is 2.49. The maximum atomic E-state index is 12.2. The van der Waals surface area contributed by atoms with Crippen LogP contribution in [0, 0.1) is 0 Å². The molecule has 0 fully saturated rings. The lowest BCUT2D eigenvalue weighted by molar-refractivity contribution is -0.127. The van der Waals surface area contributed by atoms with Crippen LogP contribution in [0.5, 0.6) is 0 Å². The molecule has 1 aromatic carbocycles. The Bertz CT molecular complexity index is 418. The Morgan fingerprint density at radius 1 is 1.05 bits per heavy atom. The van der Waals surface area contributed by atoms with Gasteiger partial charge in [0.15, 0.2) is 0 Å². The standard InChI is InChI=1S/C16H24N2O2/c1-3-8-14(13-9-6-5-7-10-13)16(20)18-12-15(19)17-11-4-2/h5-7,9-10,14H,3-4,8,11-12H2,1-2H3,(H,17,19)(H,18,20). The maximum absolute atomic E-state index is 12.2. The molecule has 1 aromatic rings. The van der Waals surface area contributed by atoms with E-state index >= 15 is 0 Å². The molecule has 0 saturated carbocycles. The molecule has 1 unspecified atom stereocenters. The molecule has 2 amide bonds. The lowest BCUT2D eigenvalue weighted by Gasteiger charge is -2.16. The van der Waals surface area contributed by atoms with E-state index < -0.39 is 0 Å². The first-order valence-corrected chi connectivity index (χ1v) is 7.28. The second-order valence-corrected chi connectivity index (χ2v) is 4.82. The third-order valence-electron chi connectivity index (χ3n) is 3.09. The molecule has 0 heterocycles. The number of hydrogen-bond donors (Lipinski definition) is 2. The smallest absolute Gasteiger partial charge is 0.239 e. The van der Waals surface area contributed by atoms with Crippen molar-refractivity contribution in [3.63, 3.8) is 0 Å². The van der Waals surface area contributed by atoms with Crippen molar-refractivity contribution < 1.29 is 9.59 Å². The number of benzene rings is 1. The van der Waals surface area contributed by atoms with E-state index in [1.54, 1.807) is 0 Å². The minimum absolute atomic E-state index is 0.0475. The Morgan fingerprint density at radius 3 is 2.35 bits per heavy atom. The Morgan fingerprint density at radius 2 is 1.75 bits per heavy atom. The fraction of sp³-hybridized carbons (Fsp3) is 0.500. The van der Waals surface area contributed by atoms with Crippen molar-refractivity contribution in [2.75, 3.05) is 13.1 Å². The molecule has 4 heteroatoms. The van der Waals surface area contributed by atoms with Gasteiger partial charge in [0.1, 0.15) is 0 Å². The molecule has 0 aliphatic rings. The fourth-order valence-corrected chi connectivity index (χ4v) is 2.04. The number of nitrogens with one attached hydrogen (secondary N) is 2. The molecule has 0 saturated heterocycles. The second kappa shape index (κ2) is 9.13. The largest absolute Gasteiger partial charge is 0.355 e. The summed E-state index contributed by atoms with van der Waals surface area (Å²) in [6, 6.07) is 9.70. The number of carbonyl (C=O) groups excluding carboxylic acids is 2. The Kier molecular flexibility index (Phi) is 7.40. The lowest BCUT2D eigenvalue weighted by Crippen LogP contribution is -2.39. The van der Waals surface area contributed by atoms with Gasteiger partial charge in [-0.2, -0.15) is 0 Å². The van der Waals surface area contributed by atoms with Crippen LogP contribution in [-0.2, 0) is 9.59 Å². The van der Waals surface area contributed by atoms with Gasteiger partial charge in [-0.1, -0.05) is 50.6 Å². The van der Waals surface area contributed by atoms with E-state index in [0.717, 1.165) is 24.8 Å². The molecule has 0 aliphatic heterocycles. The number of carbonyl (C=O) groups is 2. The molecule has 0 bridgehead atoms. The van der Waals surface area contributed by atoms with Crippen molar-refractivity contribution in [3.05, 3.63) is 35.9 Å². The Hall–Kier alpha value is -1.84. The van der Waals surface area contributed by atoms with Gasteiger partial charge in [0, 0.05) is 6.54 Å². The fourth-order valence-electron chi connectivity index (χ4n) is 2.04. The van der Waals surface area contributed by atoms with E-state index in [4.69, 9.17) is 0 Å². The third-order valence-corrected chi connectivity index (χ3v) is 3.09. The van der Waals surface area contributed by atoms with Crippen molar-refractivity contribution in [3.8, 4) is 0 Å². The molecular formula is C16H24N2O2. The summed E-state index contributed by atoms with van der Waals surface area (Å²) in [6.45, 7) is 4.74. The van der Waals surface area contributed by atoms with Gasteiger partial charge in [0.25, 0.3) is 0 Å². The van der Waals surface area contributed by atoms with Gasteiger partial charge in [-0.15, -0.1) is 0 Å². The summed E-state index contributed by atoms with van der Waals surface area (Å²) in [5.74, 6) is -0.395. The van der Waals surface area contributed by atoms with Crippen LogP contribution in [0.15, 0.2) is 30.3 Å². The van der Waals surface area contributed by atoms with Gasteiger partial charge < -0.3 is 10.6 Å². The third kappa shape index (κ3) is 5.43. The first kappa shape index (κ1) is 16.2. The summed E-state index contributed by atoms with van der Waals surface area (Å²) in [7, 11) is 0. The summed E-state index contributed by atoms with van der Waals surface area (Å²) in [4.78, 5) is 23.7. The second-order valence-electron chi connectivity index (χ2n) is 4.82. The van der Waals surface area contributed by atoms with Crippen LogP contribution in [0.1, 0.15) is 44.6 Å². The molecule has 110 valence electrons. The van der Waals surface area contributed by atoms with Crippen LogP contribution < -0.4 is 10.6 Å². The van der Waals surface area contributed by atoms with Gasteiger partial charge in [0.05, 0.1) is 12.5 Å². The molecule has 0 aromatic heterocycles. The van der Waals surface area contributed by atoms with Gasteiger partial charge in [0.2, 0.25) is 11.8 Å². The SMILES string of the molecule is CCCNC(=O)CNC(=O)C(CCC)c1ccccc1. The van der Waals surface area contributed by atoms with Crippen molar-refractivity contribution in [2.45, 2.75) is 39.0 Å².